The molecule has 2 saturated heterocycles. The first-order valence-corrected chi connectivity index (χ1v) is 9.12. The van der Waals surface area contributed by atoms with Gasteiger partial charge in [0.1, 0.15) is 6.10 Å². The Morgan fingerprint density at radius 3 is 2.92 bits per heavy atom. The molecule has 3 heterocycles. The molecule has 3 rings (SSSR count). The fourth-order valence-corrected chi connectivity index (χ4v) is 3.38. The number of nitrogens with one attached hydrogen (secondary N) is 1. The Bertz CT molecular complexity index is 537. The summed E-state index contributed by atoms with van der Waals surface area (Å²) in [4.78, 5) is 9.67. The van der Waals surface area contributed by atoms with Crippen molar-refractivity contribution in [1.29, 1.82) is 0 Å². The number of nitrogens with zero attached hydrogens (tertiary/aromatic N) is 5. The summed E-state index contributed by atoms with van der Waals surface area (Å²) < 4.78 is 7.76. The lowest BCUT2D eigenvalue weighted by molar-refractivity contribution is -0.00804. The van der Waals surface area contributed by atoms with Gasteiger partial charge in [-0.25, -0.2) is 0 Å². The van der Waals surface area contributed by atoms with Gasteiger partial charge in [-0.3, -0.25) is 9.67 Å². The number of likely N-dealkylation sites (tertiary alicyclic amines) is 1. The van der Waals surface area contributed by atoms with E-state index in [-0.39, 0.29) is 6.10 Å². The normalized spacial score (nSPS) is 23.0. The summed E-state index contributed by atoms with van der Waals surface area (Å²) in [6.45, 7) is 9.80. The van der Waals surface area contributed by atoms with E-state index < -0.39 is 0 Å². The van der Waals surface area contributed by atoms with Crippen LogP contribution in [0.2, 0.25) is 0 Å². The maximum Gasteiger partial charge on any atom is 0.194 e. The predicted molar refractivity (Wildman–Crippen MR) is 95.1 cm³/mol. The van der Waals surface area contributed by atoms with Crippen LogP contribution in [0.25, 0.3) is 0 Å². The van der Waals surface area contributed by atoms with Gasteiger partial charge in [0.05, 0.1) is 25.9 Å². The molecule has 7 heteroatoms. The number of rotatable bonds is 5. The first-order valence-electron chi connectivity index (χ1n) is 9.12. The number of morpholine rings is 1. The number of guanidine groups is 1. The van der Waals surface area contributed by atoms with Crippen LogP contribution >= 0.6 is 0 Å². The van der Waals surface area contributed by atoms with Crippen LogP contribution in [0.3, 0.4) is 0 Å². The minimum Gasteiger partial charge on any atom is -0.370 e. The SMILES string of the molecule is CCNC(=NCCN1CCCC1)N1CCOC(c2cnn(C)c2)C1. The van der Waals surface area contributed by atoms with E-state index in [0.29, 0.717) is 0 Å². The van der Waals surface area contributed by atoms with Crippen LogP contribution in [0, 0.1) is 0 Å². The lowest BCUT2D eigenvalue weighted by Gasteiger charge is -2.34. The third-order valence-corrected chi connectivity index (χ3v) is 4.67. The van der Waals surface area contributed by atoms with Crippen LogP contribution < -0.4 is 5.32 Å². The van der Waals surface area contributed by atoms with Gasteiger partial charge in [-0.2, -0.15) is 5.10 Å². The molecule has 134 valence electrons. The number of hydrogen-bond acceptors (Lipinski definition) is 4. The second-order valence-electron chi connectivity index (χ2n) is 6.54. The Kier molecular flexibility index (Phi) is 6.09. The standard InChI is InChI=1S/C17H30N6O/c1-3-18-17(19-6-9-22-7-4-5-8-22)23-10-11-24-16(14-23)15-12-20-21(2)13-15/h12-13,16H,3-11,14H2,1-2H3,(H,18,19). The molecule has 1 aromatic heterocycles. The van der Waals surface area contributed by atoms with E-state index in [1.807, 2.05) is 24.1 Å². The molecule has 0 saturated carbocycles. The highest BCUT2D eigenvalue weighted by Crippen LogP contribution is 2.21. The van der Waals surface area contributed by atoms with Crippen molar-refractivity contribution in [3.63, 3.8) is 0 Å². The number of hydrogen-bond donors (Lipinski definition) is 1. The summed E-state index contributed by atoms with van der Waals surface area (Å²) in [7, 11) is 1.94. The molecule has 0 radical (unpaired) electrons. The highest BCUT2D eigenvalue weighted by atomic mass is 16.5. The molecule has 0 aromatic carbocycles. The van der Waals surface area contributed by atoms with Crippen molar-refractivity contribution >= 4 is 5.96 Å². The zero-order valence-corrected chi connectivity index (χ0v) is 14.9. The Hall–Kier alpha value is -1.60. The molecule has 1 aromatic rings. The van der Waals surface area contributed by atoms with E-state index >= 15 is 0 Å². The van der Waals surface area contributed by atoms with Crippen molar-refractivity contribution in [2.24, 2.45) is 12.0 Å². The van der Waals surface area contributed by atoms with Crippen molar-refractivity contribution in [2.45, 2.75) is 25.9 Å². The largest absolute Gasteiger partial charge is 0.370 e. The van der Waals surface area contributed by atoms with Crippen LogP contribution in [-0.4, -0.2) is 78.0 Å². The van der Waals surface area contributed by atoms with Crippen LogP contribution in [-0.2, 0) is 11.8 Å². The monoisotopic (exact) mass is 334 g/mol. The smallest absolute Gasteiger partial charge is 0.194 e. The van der Waals surface area contributed by atoms with Crippen LogP contribution in [0.4, 0.5) is 0 Å². The van der Waals surface area contributed by atoms with Gasteiger partial charge in [-0.15, -0.1) is 0 Å². The zero-order chi connectivity index (χ0) is 16.8. The summed E-state index contributed by atoms with van der Waals surface area (Å²) in [6.07, 6.45) is 6.66. The van der Waals surface area contributed by atoms with Gasteiger partial charge in [-0.1, -0.05) is 0 Å². The number of aliphatic imine (C=N–C) groups is 1. The topological polar surface area (TPSA) is 57.9 Å². The average molecular weight is 334 g/mol. The lowest BCUT2D eigenvalue weighted by atomic mass is 10.1. The number of aromatic nitrogens is 2. The Morgan fingerprint density at radius 2 is 2.21 bits per heavy atom. The summed E-state index contributed by atoms with van der Waals surface area (Å²) in [5.74, 6) is 1.01. The van der Waals surface area contributed by atoms with Gasteiger partial charge in [0, 0.05) is 38.4 Å². The first kappa shape index (κ1) is 17.2. The zero-order valence-electron chi connectivity index (χ0n) is 14.9. The minimum atomic E-state index is 0.0647. The minimum absolute atomic E-state index is 0.0647. The van der Waals surface area contributed by atoms with Gasteiger partial charge in [0.15, 0.2) is 5.96 Å². The summed E-state index contributed by atoms with van der Waals surface area (Å²) >= 11 is 0. The molecule has 0 amide bonds. The molecular formula is C17H30N6O. The Labute approximate surface area is 144 Å². The van der Waals surface area contributed by atoms with E-state index in [0.717, 1.165) is 50.9 Å². The van der Waals surface area contributed by atoms with Crippen molar-refractivity contribution in [1.82, 2.24) is 24.9 Å². The fourth-order valence-electron chi connectivity index (χ4n) is 3.38. The second-order valence-corrected chi connectivity index (χ2v) is 6.54. The molecule has 2 aliphatic rings. The molecule has 2 fully saturated rings. The fraction of sp³-hybridized carbons (Fsp3) is 0.765. The predicted octanol–water partition coefficient (Wildman–Crippen LogP) is 0.855. The van der Waals surface area contributed by atoms with Gasteiger partial charge >= 0.3 is 0 Å². The average Bonchev–Trinajstić information content (AvgIpc) is 3.26. The first-order chi connectivity index (χ1) is 11.8. The second kappa shape index (κ2) is 8.48. The lowest BCUT2D eigenvalue weighted by Crippen LogP contribution is -2.48. The molecule has 0 spiro atoms. The Balaban J connectivity index is 1.59. The summed E-state index contributed by atoms with van der Waals surface area (Å²) in [6, 6.07) is 0. The molecule has 0 bridgehead atoms. The van der Waals surface area contributed by atoms with Gasteiger partial charge in [-0.05, 0) is 32.9 Å². The van der Waals surface area contributed by atoms with E-state index in [4.69, 9.17) is 9.73 Å². The third-order valence-electron chi connectivity index (χ3n) is 4.67. The van der Waals surface area contributed by atoms with Gasteiger partial charge in [0.25, 0.3) is 0 Å². The van der Waals surface area contributed by atoms with E-state index in [9.17, 15) is 0 Å². The maximum atomic E-state index is 5.94. The molecule has 1 N–H and O–H groups in total. The van der Waals surface area contributed by atoms with Crippen molar-refractivity contribution < 1.29 is 4.74 Å². The molecule has 2 aliphatic heterocycles. The number of ether oxygens (including phenoxy) is 1. The van der Waals surface area contributed by atoms with Crippen molar-refractivity contribution in [3.8, 4) is 0 Å². The molecule has 1 unspecified atom stereocenters. The van der Waals surface area contributed by atoms with E-state index in [2.05, 4.69) is 27.1 Å². The van der Waals surface area contributed by atoms with Crippen LogP contribution in [0.15, 0.2) is 17.4 Å². The van der Waals surface area contributed by atoms with Gasteiger partial charge < -0.3 is 19.9 Å². The summed E-state index contributed by atoms with van der Waals surface area (Å²) in [5.41, 5.74) is 1.13. The van der Waals surface area contributed by atoms with Crippen molar-refractivity contribution in [3.05, 3.63) is 18.0 Å². The summed E-state index contributed by atoms with van der Waals surface area (Å²) in [5, 5.41) is 7.69. The van der Waals surface area contributed by atoms with E-state index in [1.165, 1.54) is 25.9 Å². The molecule has 7 nitrogen and oxygen atoms in total. The molecule has 0 aliphatic carbocycles. The maximum absolute atomic E-state index is 5.94. The third kappa shape index (κ3) is 4.48. The van der Waals surface area contributed by atoms with E-state index in [1.54, 1.807) is 0 Å². The molecule has 1 atom stereocenters. The Morgan fingerprint density at radius 1 is 1.38 bits per heavy atom. The van der Waals surface area contributed by atoms with Gasteiger partial charge in [0.2, 0.25) is 0 Å². The molecular weight excluding hydrogens is 304 g/mol. The van der Waals surface area contributed by atoms with Crippen molar-refractivity contribution in [2.75, 3.05) is 52.4 Å². The number of aryl methyl sites for hydroxylation is 1. The highest BCUT2D eigenvalue weighted by Gasteiger charge is 2.25. The van der Waals surface area contributed by atoms with Crippen LogP contribution in [0.1, 0.15) is 31.4 Å². The quantitative estimate of drug-likeness (QED) is 0.639. The molecule has 24 heavy (non-hydrogen) atoms. The van der Waals surface area contributed by atoms with Crippen LogP contribution in [0.5, 0.6) is 0 Å². The highest BCUT2D eigenvalue weighted by molar-refractivity contribution is 5.80.